The Morgan fingerprint density at radius 1 is 0.969 bits per heavy atom. The predicted molar refractivity (Wildman–Crippen MR) is 117 cm³/mol. The summed E-state index contributed by atoms with van der Waals surface area (Å²) in [6.07, 6.45) is 1.41. The van der Waals surface area contributed by atoms with E-state index >= 15 is 0 Å². The van der Waals surface area contributed by atoms with Gasteiger partial charge in [-0.1, -0.05) is 17.7 Å². The first-order valence-corrected chi connectivity index (χ1v) is 9.65. The number of nitrogens with zero attached hydrogens (tertiary/aromatic N) is 1. The van der Waals surface area contributed by atoms with Crippen LogP contribution in [-0.2, 0) is 4.79 Å². The average molecular weight is 433 g/mol. The van der Waals surface area contributed by atoms with Gasteiger partial charge in [0, 0.05) is 5.56 Å². The van der Waals surface area contributed by atoms with Crippen molar-refractivity contribution in [3.63, 3.8) is 0 Å². The smallest absolute Gasteiger partial charge is 0.343 e. The van der Waals surface area contributed by atoms with Crippen molar-refractivity contribution in [1.82, 2.24) is 10.7 Å². The van der Waals surface area contributed by atoms with Gasteiger partial charge in [-0.25, -0.2) is 14.6 Å². The van der Waals surface area contributed by atoms with Crippen molar-refractivity contribution in [2.24, 2.45) is 5.10 Å². The summed E-state index contributed by atoms with van der Waals surface area (Å²) in [5.41, 5.74) is 4.62. The number of esters is 1. The molecule has 0 saturated carbocycles. The molecule has 32 heavy (non-hydrogen) atoms. The molecule has 3 aromatic carbocycles. The van der Waals surface area contributed by atoms with Crippen molar-refractivity contribution in [2.75, 3.05) is 6.54 Å². The van der Waals surface area contributed by atoms with Crippen LogP contribution in [0.3, 0.4) is 0 Å². The molecule has 0 fully saturated rings. The van der Waals surface area contributed by atoms with Gasteiger partial charge in [-0.2, -0.15) is 5.10 Å². The molecule has 0 aliphatic heterocycles. The van der Waals surface area contributed by atoms with E-state index in [1.807, 2.05) is 13.0 Å². The van der Waals surface area contributed by atoms with Gasteiger partial charge in [0.25, 0.3) is 11.8 Å². The number of hydrogen-bond donors (Lipinski definition) is 2. The van der Waals surface area contributed by atoms with Crippen LogP contribution in [0.1, 0.15) is 31.8 Å². The summed E-state index contributed by atoms with van der Waals surface area (Å²) in [6.45, 7) is 1.60. The van der Waals surface area contributed by atoms with Gasteiger partial charge in [0.1, 0.15) is 11.6 Å². The number of aryl methyl sites for hydroxylation is 1. The minimum absolute atomic E-state index is 0.242. The zero-order valence-electron chi connectivity index (χ0n) is 17.2. The third-order valence-corrected chi connectivity index (χ3v) is 4.26. The van der Waals surface area contributed by atoms with Gasteiger partial charge in [-0.15, -0.1) is 0 Å². The van der Waals surface area contributed by atoms with E-state index in [0.717, 1.165) is 17.7 Å². The standard InChI is InChI=1S/C24H20FN3O4/c1-16-3-2-4-19(13-16)24(31)32-21-11-5-17(6-12-21)14-27-28-22(29)15-26-23(30)18-7-9-20(25)10-8-18/h2-14H,15H2,1H3,(H,26,30)(H,28,29). The molecule has 0 spiro atoms. The van der Waals surface area contributed by atoms with E-state index in [1.165, 1.54) is 18.3 Å². The number of nitrogens with one attached hydrogen (secondary N) is 2. The number of benzene rings is 3. The Labute approximate surface area is 183 Å². The third kappa shape index (κ3) is 6.60. The van der Waals surface area contributed by atoms with Gasteiger partial charge >= 0.3 is 5.97 Å². The molecule has 0 radical (unpaired) electrons. The highest BCUT2D eigenvalue weighted by atomic mass is 19.1. The predicted octanol–water partition coefficient (Wildman–Crippen LogP) is 3.23. The van der Waals surface area contributed by atoms with E-state index in [9.17, 15) is 18.8 Å². The molecule has 0 aromatic heterocycles. The summed E-state index contributed by atoms with van der Waals surface area (Å²) in [6, 6.07) is 18.6. The molecule has 0 heterocycles. The minimum atomic E-state index is -0.527. The fourth-order valence-corrected chi connectivity index (χ4v) is 2.64. The highest BCUT2D eigenvalue weighted by Crippen LogP contribution is 2.14. The van der Waals surface area contributed by atoms with E-state index in [2.05, 4.69) is 15.8 Å². The van der Waals surface area contributed by atoms with Gasteiger partial charge in [0.2, 0.25) is 0 Å². The summed E-state index contributed by atoms with van der Waals surface area (Å²) < 4.78 is 18.2. The second kappa shape index (κ2) is 10.6. The first-order chi connectivity index (χ1) is 15.4. The molecule has 0 aliphatic carbocycles. The Bertz CT molecular complexity index is 1140. The molecule has 3 rings (SSSR count). The number of hydrazone groups is 1. The van der Waals surface area contributed by atoms with Crippen LogP contribution in [0, 0.1) is 12.7 Å². The maximum absolute atomic E-state index is 12.9. The molecule has 3 aromatic rings. The number of ether oxygens (including phenoxy) is 1. The Morgan fingerprint density at radius 3 is 2.38 bits per heavy atom. The number of carbonyl (C=O) groups is 3. The first kappa shape index (κ1) is 22.4. The Hall–Kier alpha value is -4.33. The van der Waals surface area contributed by atoms with Crippen LogP contribution < -0.4 is 15.5 Å². The summed E-state index contributed by atoms with van der Waals surface area (Å²) >= 11 is 0. The topological polar surface area (TPSA) is 96.9 Å². The first-order valence-electron chi connectivity index (χ1n) is 9.65. The second-order valence-electron chi connectivity index (χ2n) is 6.81. The van der Waals surface area contributed by atoms with Crippen LogP contribution in [0.5, 0.6) is 5.75 Å². The van der Waals surface area contributed by atoms with Gasteiger partial charge in [0.15, 0.2) is 0 Å². The SMILES string of the molecule is Cc1cccc(C(=O)Oc2ccc(C=NNC(=O)CNC(=O)c3ccc(F)cc3)cc2)c1. The molecule has 0 bridgehead atoms. The van der Waals surface area contributed by atoms with Gasteiger partial charge in [-0.05, 0) is 73.2 Å². The zero-order valence-corrected chi connectivity index (χ0v) is 17.2. The van der Waals surface area contributed by atoms with Gasteiger partial charge < -0.3 is 10.1 Å². The van der Waals surface area contributed by atoms with Crippen molar-refractivity contribution < 1.29 is 23.5 Å². The third-order valence-electron chi connectivity index (χ3n) is 4.26. The number of carbonyl (C=O) groups excluding carboxylic acids is 3. The van der Waals surface area contributed by atoms with Crippen molar-refractivity contribution in [2.45, 2.75) is 6.92 Å². The van der Waals surface area contributed by atoms with Crippen LogP contribution >= 0.6 is 0 Å². The fourth-order valence-electron chi connectivity index (χ4n) is 2.64. The largest absolute Gasteiger partial charge is 0.423 e. The number of halogens is 1. The number of rotatable bonds is 7. The fraction of sp³-hybridized carbons (Fsp3) is 0.0833. The van der Waals surface area contributed by atoms with Crippen LogP contribution in [0.2, 0.25) is 0 Å². The van der Waals surface area contributed by atoms with Crippen LogP contribution in [0.25, 0.3) is 0 Å². The lowest BCUT2D eigenvalue weighted by Gasteiger charge is -2.05. The molecule has 8 heteroatoms. The number of amides is 2. The molecule has 2 amide bonds. The monoisotopic (exact) mass is 433 g/mol. The normalized spacial score (nSPS) is 10.6. The highest BCUT2D eigenvalue weighted by Gasteiger charge is 2.09. The summed E-state index contributed by atoms with van der Waals surface area (Å²) in [7, 11) is 0. The number of hydrogen-bond acceptors (Lipinski definition) is 5. The van der Waals surface area contributed by atoms with Crippen molar-refractivity contribution in [3.8, 4) is 5.75 Å². The highest BCUT2D eigenvalue weighted by molar-refractivity contribution is 5.96. The Morgan fingerprint density at radius 2 is 1.69 bits per heavy atom. The van der Waals surface area contributed by atoms with Gasteiger partial charge in [-0.3, -0.25) is 9.59 Å². The molecule has 0 unspecified atom stereocenters. The molecule has 0 aliphatic rings. The zero-order chi connectivity index (χ0) is 22.9. The lowest BCUT2D eigenvalue weighted by molar-refractivity contribution is -0.120. The minimum Gasteiger partial charge on any atom is -0.423 e. The molecule has 0 saturated heterocycles. The Balaban J connectivity index is 1.45. The van der Waals surface area contributed by atoms with Crippen molar-refractivity contribution in [3.05, 3.63) is 101 Å². The van der Waals surface area contributed by atoms with Crippen LogP contribution in [0.4, 0.5) is 4.39 Å². The van der Waals surface area contributed by atoms with E-state index in [4.69, 9.17) is 4.74 Å². The molecule has 0 atom stereocenters. The molecular formula is C24H20FN3O4. The maximum atomic E-state index is 12.9. The van der Waals surface area contributed by atoms with E-state index in [0.29, 0.717) is 16.9 Å². The van der Waals surface area contributed by atoms with E-state index in [-0.39, 0.29) is 12.1 Å². The van der Waals surface area contributed by atoms with Crippen molar-refractivity contribution >= 4 is 24.0 Å². The van der Waals surface area contributed by atoms with Crippen LogP contribution in [-0.4, -0.2) is 30.5 Å². The summed E-state index contributed by atoms with van der Waals surface area (Å²) in [5.74, 6) is -1.56. The molecule has 7 nitrogen and oxygen atoms in total. The summed E-state index contributed by atoms with van der Waals surface area (Å²) in [4.78, 5) is 35.9. The lowest BCUT2D eigenvalue weighted by atomic mass is 10.1. The summed E-state index contributed by atoms with van der Waals surface area (Å²) in [5, 5.41) is 6.23. The van der Waals surface area contributed by atoms with Crippen LogP contribution in [0.15, 0.2) is 77.9 Å². The van der Waals surface area contributed by atoms with E-state index in [1.54, 1.807) is 42.5 Å². The second-order valence-corrected chi connectivity index (χ2v) is 6.81. The molecule has 2 N–H and O–H groups in total. The molecule has 162 valence electrons. The Kier molecular flexibility index (Phi) is 7.42. The van der Waals surface area contributed by atoms with Crippen molar-refractivity contribution in [1.29, 1.82) is 0 Å². The van der Waals surface area contributed by atoms with E-state index < -0.39 is 23.6 Å². The quantitative estimate of drug-likeness (QED) is 0.259. The van der Waals surface area contributed by atoms with Gasteiger partial charge in [0.05, 0.1) is 18.3 Å². The maximum Gasteiger partial charge on any atom is 0.343 e. The lowest BCUT2D eigenvalue weighted by Crippen LogP contribution is -2.34. The molecular weight excluding hydrogens is 413 g/mol. The average Bonchev–Trinajstić information content (AvgIpc) is 2.79.